The molecule has 0 heterocycles. The second-order valence-electron chi connectivity index (χ2n) is 9.19. The van der Waals surface area contributed by atoms with Crippen molar-refractivity contribution in [1.82, 2.24) is 0 Å². The van der Waals surface area contributed by atoms with Gasteiger partial charge >= 0.3 is 21.2 Å². The van der Waals surface area contributed by atoms with Crippen LogP contribution >= 0.6 is 0 Å². The first-order chi connectivity index (χ1) is 18.9. The van der Waals surface area contributed by atoms with E-state index in [2.05, 4.69) is 182 Å². The van der Waals surface area contributed by atoms with E-state index in [-0.39, 0.29) is 21.2 Å². The summed E-state index contributed by atoms with van der Waals surface area (Å²) in [6.45, 7) is 0. The predicted octanol–water partition coefficient (Wildman–Crippen LogP) is 2.88. The minimum Gasteiger partial charge on any atom is -0.195 e. The van der Waals surface area contributed by atoms with Gasteiger partial charge in [0.15, 0.2) is 7.14 Å². The van der Waals surface area contributed by atoms with E-state index in [4.69, 9.17) is 0 Å². The van der Waals surface area contributed by atoms with Gasteiger partial charge in [-0.05, 0) is 24.3 Å². The van der Waals surface area contributed by atoms with Crippen molar-refractivity contribution < 1.29 is 21.2 Å². The van der Waals surface area contributed by atoms with Gasteiger partial charge in [0.05, 0.1) is 0 Å². The molecule has 0 aliphatic carbocycles. The molecule has 0 aromatic heterocycles. The van der Waals surface area contributed by atoms with Crippen LogP contribution in [0.15, 0.2) is 182 Å². The molecule has 0 nitrogen and oxygen atoms in total. The summed E-state index contributed by atoms with van der Waals surface area (Å²) < 4.78 is 2.96. The van der Waals surface area contributed by atoms with Gasteiger partial charge in [-0.1, -0.05) is 158 Å². The Balaban J connectivity index is 0.000000190. The van der Waals surface area contributed by atoms with Crippen molar-refractivity contribution in [3.8, 4) is 0 Å². The third-order valence-electron chi connectivity index (χ3n) is 6.88. The SMILES string of the molecule is c1ccc([B-](c2ccccc2)(c2ccccc2)c2ccccc2)cc1.c1ccc([I+]c2ccccc2)cc1. The van der Waals surface area contributed by atoms with Crippen LogP contribution in [0, 0.1) is 7.14 Å². The van der Waals surface area contributed by atoms with Gasteiger partial charge in [-0.15, -0.1) is 0 Å². The van der Waals surface area contributed by atoms with Gasteiger partial charge in [0, 0.05) is 0 Å². The molecule has 0 unspecified atom stereocenters. The Morgan fingerprint density at radius 2 is 0.474 bits per heavy atom. The Morgan fingerprint density at radius 1 is 0.263 bits per heavy atom. The molecule has 6 rings (SSSR count). The highest BCUT2D eigenvalue weighted by molar-refractivity contribution is 7.19. The molecule has 0 amide bonds. The molecule has 6 aromatic rings. The molecule has 0 aliphatic heterocycles. The maximum atomic E-state index is 2.26. The maximum Gasteiger partial charge on any atom is 0.357 e. The number of hydrogen-bond donors (Lipinski definition) is 0. The molecule has 0 atom stereocenters. The zero-order valence-electron chi connectivity index (χ0n) is 21.3. The summed E-state index contributed by atoms with van der Waals surface area (Å²) in [6, 6.07) is 64.9. The highest BCUT2D eigenvalue weighted by Gasteiger charge is 2.31. The third-order valence-corrected chi connectivity index (χ3v) is 9.57. The summed E-state index contributed by atoms with van der Waals surface area (Å²) in [6.07, 6.45) is -1.22. The zero-order valence-corrected chi connectivity index (χ0v) is 23.4. The summed E-state index contributed by atoms with van der Waals surface area (Å²) in [7, 11) is 0. The molecule has 2 heteroatoms. The molecule has 0 bridgehead atoms. The normalized spacial score (nSPS) is 10.7. The third kappa shape index (κ3) is 5.98. The standard InChI is InChI=1S/C24H20B.C12H10I/c1-5-13-21(14-6-1)25(22-15-7-2-8-16-22,23-17-9-3-10-18-23)24-19-11-4-12-20-24;1-3-7-11(8-4-1)13-12-9-5-2-6-10-12/h1-20H;1-10H/q-1;+1. The van der Waals surface area contributed by atoms with E-state index in [1.54, 1.807) is 0 Å². The van der Waals surface area contributed by atoms with Crippen LogP contribution in [0.2, 0.25) is 0 Å². The fourth-order valence-electron chi connectivity index (χ4n) is 5.20. The van der Waals surface area contributed by atoms with Gasteiger partial charge in [0.2, 0.25) is 0 Å². The van der Waals surface area contributed by atoms with Crippen LogP contribution < -0.4 is 43.1 Å². The second kappa shape index (κ2) is 13.1. The van der Waals surface area contributed by atoms with Crippen LogP contribution in [0.3, 0.4) is 0 Å². The van der Waals surface area contributed by atoms with E-state index in [1.165, 1.54) is 29.0 Å². The molecule has 0 spiro atoms. The first kappa shape index (κ1) is 25.8. The van der Waals surface area contributed by atoms with E-state index < -0.39 is 6.15 Å². The maximum absolute atomic E-state index is 2.26. The van der Waals surface area contributed by atoms with Crippen LogP contribution in [0.4, 0.5) is 0 Å². The van der Waals surface area contributed by atoms with Crippen molar-refractivity contribution >= 4 is 28.0 Å². The van der Waals surface area contributed by atoms with Gasteiger partial charge in [0.25, 0.3) is 0 Å². The lowest BCUT2D eigenvalue weighted by Crippen LogP contribution is -3.61. The number of hydrogen-bond acceptors (Lipinski definition) is 0. The summed E-state index contributed by atoms with van der Waals surface area (Å²) in [5.41, 5.74) is 5.36. The molecule has 0 N–H and O–H groups in total. The fourth-order valence-corrected chi connectivity index (χ4v) is 7.47. The van der Waals surface area contributed by atoms with Crippen molar-refractivity contribution in [2.75, 3.05) is 0 Å². The molecule has 0 saturated heterocycles. The van der Waals surface area contributed by atoms with Gasteiger partial charge in [-0.25, -0.2) is 0 Å². The Labute approximate surface area is 237 Å². The summed E-state index contributed by atoms with van der Waals surface area (Å²) in [5.74, 6) is 0. The van der Waals surface area contributed by atoms with Crippen molar-refractivity contribution in [2.24, 2.45) is 0 Å². The highest BCUT2D eigenvalue weighted by atomic mass is 127. The summed E-state index contributed by atoms with van der Waals surface area (Å²) in [5, 5.41) is 0. The van der Waals surface area contributed by atoms with Gasteiger partial charge < -0.3 is 0 Å². The number of benzene rings is 6. The predicted molar refractivity (Wildman–Crippen MR) is 160 cm³/mol. The van der Waals surface area contributed by atoms with Crippen molar-refractivity contribution in [1.29, 1.82) is 0 Å². The van der Waals surface area contributed by atoms with Gasteiger partial charge in [-0.3, -0.25) is 0 Å². The topological polar surface area (TPSA) is 0 Å². The van der Waals surface area contributed by atoms with Crippen LogP contribution in [-0.4, -0.2) is 6.15 Å². The van der Waals surface area contributed by atoms with E-state index in [9.17, 15) is 0 Å². The molecular weight excluding hydrogens is 570 g/mol. The average molecular weight is 600 g/mol. The van der Waals surface area contributed by atoms with Gasteiger partial charge in [-0.2, -0.15) is 21.9 Å². The van der Waals surface area contributed by atoms with Crippen LogP contribution in [0.25, 0.3) is 0 Å². The smallest absolute Gasteiger partial charge is 0.195 e. The molecule has 0 saturated carbocycles. The molecule has 38 heavy (non-hydrogen) atoms. The van der Waals surface area contributed by atoms with E-state index in [1.807, 2.05) is 0 Å². The minimum absolute atomic E-state index is 0.0287. The Morgan fingerprint density at radius 3 is 0.711 bits per heavy atom. The second-order valence-corrected chi connectivity index (χ2v) is 12.2. The lowest BCUT2D eigenvalue weighted by atomic mass is 9.13. The first-order valence-corrected chi connectivity index (χ1v) is 15.2. The molecular formula is C36H30BI. The quantitative estimate of drug-likeness (QED) is 0.204. The number of rotatable bonds is 6. The Hall–Kier alpha value is -3.89. The van der Waals surface area contributed by atoms with E-state index in [0.717, 1.165) is 0 Å². The Bertz CT molecular complexity index is 1290. The zero-order chi connectivity index (χ0) is 25.9. The largest absolute Gasteiger partial charge is 0.357 e. The monoisotopic (exact) mass is 600 g/mol. The van der Waals surface area contributed by atoms with Gasteiger partial charge in [0.1, 0.15) is 6.15 Å². The van der Waals surface area contributed by atoms with Crippen LogP contribution in [0.5, 0.6) is 0 Å². The first-order valence-electron chi connectivity index (χ1n) is 13.0. The molecule has 6 aromatic carbocycles. The van der Waals surface area contributed by atoms with Crippen LogP contribution in [-0.2, 0) is 0 Å². The Kier molecular flexibility index (Phi) is 8.86. The minimum atomic E-state index is -1.22. The summed E-state index contributed by atoms with van der Waals surface area (Å²) >= 11 is 0.0287. The van der Waals surface area contributed by atoms with Crippen molar-refractivity contribution in [3.05, 3.63) is 189 Å². The molecule has 184 valence electrons. The lowest BCUT2D eigenvalue weighted by Gasteiger charge is -2.44. The van der Waals surface area contributed by atoms with Crippen molar-refractivity contribution in [3.63, 3.8) is 0 Å². The highest BCUT2D eigenvalue weighted by Crippen LogP contribution is 2.09. The van der Waals surface area contributed by atoms with E-state index >= 15 is 0 Å². The molecule has 0 aliphatic rings. The molecule has 0 fully saturated rings. The van der Waals surface area contributed by atoms with Crippen molar-refractivity contribution in [2.45, 2.75) is 0 Å². The fraction of sp³-hybridized carbons (Fsp3) is 0. The van der Waals surface area contributed by atoms with E-state index in [0.29, 0.717) is 0 Å². The number of halogens is 1. The lowest BCUT2D eigenvalue weighted by molar-refractivity contribution is -0.597. The van der Waals surface area contributed by atoms with Crippen LogP contribution in [0.1, 0.15) is 0 Å². The average Bonchev–Trinajstić information content (AvgIpc) is 3.01. The molecule has 0 radical (unpaired) electrons. The summed E-state index contributed by atoms with van der Waals surface area (Å²) in [4.78, 5) is 0.